The van der Waals surface area contributed by atoms with Gasteiger partial charge in [-0.15, -0.1) is 0 Å². The van der Waals surface area contributed by atoms with Crippen LogP contribution in [0.3, 0.4) is 0 Å². The van der Waals surface area contributed by atoms with Gasteiger partial charge in [-0.05, 0) is 38.3 Å². The molecule has 0 bridgehead atoms. The molecule has 1 unspecified atom stereocenters. The maximum Gasteiger partial charge on any atom is 0.136 e. The van der Waals surface area contributed by atoms with E-state index in [0.29, 0.717) is 0 Å². The van der Waals surface area contributed by atoms with Gasteiger partial charge in [0.25, 0.3) is 0 Å². The number of hydrogen-bond donors (Lipinski definition) is 1. The van der Waals surface area contributed by atoms with Crippen molar-refractivity contribution in [1.82, 2.24) is 25.0 Å². The Morgan fingerprint density at radius 3 is 2.93 bits per heavy atom. The van der Waals surface area contributed by atoms with E-state index in [2.05, 4.69) is 28.1 Å². The average molecular weight is 382 g/mol. The number of aromatic nitrogens is 5. The second kappa shape index (κ2) is 7.18. The Balaban J connectivity index is 1.71. The van der Waals surface area contributed by atoms with Crippen LogP contribution in [0, 0.1) is 0 Å². The third kappa shape index (κ3) is 2.97. The monoisotopic (exact) mass is 382 g/mol. The van der Waals surface area contributed by atoms with Gasteiger partial charge in [0.1, 0.15) is 17.0 Å². The Morgan fingerprint density at radius 1 is 1.25 bits per heavy atom. The van der Waals surface area contributed by atoms with E-state index in [1.807, 2.05) is 17.8 Å². The smallest absolute Gasteiger partial charge is 0.136 e. The Morgan fingerprint density at radius 2 is 2.18 bits per heavy atom. The molecule has 0 aromatic carbocycles. The highest BCUT2D eigenvalue weighted by Gasteiger charge is 2.28. The molecule has 148 valence electrons. The van der Waals surface area contributed by atoms with Crippen molar-refractivity contribution in [1.29, 1.82) is 0 Å². The van der Waals surface area contributed by atoms with Gasteiger partial charge in [-0.3, -0.25) is 9.78 Å². The van der Waals surface area contributed by atoms with Crippen LogP contribution in [0.25, 0.3) is 22.4 Å². The molecular weight excluding hydrogens is 356 g/mol. The summed E-state index contributed by atoms with van der Waals surface area (Å²) in [7, 11) is 1.98. The molecule has 3 aromatic rings. The third-order valence-electron chi connectivity index (χ3n) is 5.75. The topological polar surface area (TPSA) is 81.1 Å². The first-order valence-corrected chi connectivity index (χ1v) is 10.1. The molecule has 0 saturated carbocycles. The first-order chi connectivity index (χ1) is 13.7. The van der Waals surface area contributed by atoms with E-state index in [1.165, 1.54) is 12.0 Å². The Labute approximate surface area is 163 Å². The van der Waals surface area contributed by atoms with E-state index in [9.17, 15) is 0 Å². The molecule has 1 N–H and O–H groups in total. The van der Waals surface area contributed by atoms with Crippen LogP contribution in [0.15, 0.2) is 18.3 Å². The molecule has 2 saturated heterocycles. The molecule has 2 aliphatic rings. The molecule has 8 nitrogen and oxygen atoms in total. The van der Waals surface area contributed by atoms with Crippen LogP contribution in [0.2, 0.25) is 0 Å². The van der Waals surface area contributed by atoms with Crippen LogP contribution in [-0.4, -0.2) is 57.4 Å². The van der Waals surface area contributed by atoms with Crippen LogP contribution < -0.4 is 4.90 Å². The highest BCUT2D eigenvalue weighted by Crippen LogP contribution is 2.37. The van der Waals surface area contributed by atoms with E-state index in [4.69, 9.17) is 19.6 Å². The molecule has 2 atom stereocenters. The summed E-state index contributed by atoms with van der Waals surface area (Å²) in [4.78, 5) is 7.40. The Hall–Kier alpha value is -2.45. The van der Waals surface area contributed by atoms with Crippen molar-refractivity contribution in [2.45, 2.75) is 38.3 Å². The second-order valence-electron chi connectivity index (χ2n) is 7.68. The van der Waals surface area contributed by atoms with Crippen LogP contribution >= 0.6 is 0 Å². The fourth-order valence-electron chi connectivity index (χ4n) is 4.31. The van der Waals surface area contributed by atoms with Crippen molar-refractivity contribution < 1.29 is 9.47 Å². The number of pyridine rings is 1. The number of ether oxygens (including phenoxy) is 2. The summed E-state index contributed by atoms with van der Waals surface area (Å²) in [6.45, 7) is 5.27. The normalized spacial score (nSPS) is 23.4. The zero-order valence-corrected chi connectivity index (χ0v) is 16.4. The number of nitrogens with one attached hydrogen (secondary N) is 1. The van der Waals surface area contributed by atoms with E-state index < -0.39 is 0 Å². The predicted octanol–water partition coefficient (Wildman–Crippen LogP) is 2.83. The molecule has 28 heavy (non-hydrogen) atoms. The average Bonchev–Trinajstić information content (AvgIpc) is 3.37. The molecule has 2 aliphatic heterocycles. The number of aryl methyl sites for hydroxylation is 1. The molecule has 3 aromatic heterocycles. The van der Waals surface area contributed by atoms with Crippen molar-refractivity contribution in [3.05, 3.63) is 23.9 Å². The van der Waals surface area contributed by atoms with Crippen LogP contribution in [0.4, 0.5) is 5.82 Å². The lowest BCUT2D eigenvalue weighted by Gasteiger charge is -2.35. The minimum Gasteiger partial charge on any atom is -0.377 e. The number of fused-ring (bicyclic) bond motifs is 1. The highest BCUT2D eigenvalue weighted by molar-refractivity contribution is 5.92. The van der Waals surface area contributed by atoms with Crippen LogP contribution in [-0.2, 0) is 16.5 Å². The molecule has 0 amide bonds. The van der Waals surface area contributed by atoms with Crippen molar-refractivity contribution in [3.63, 3.8) is 0 Å². The quantitative estimate of drug-likeness (QED) is 0.750. The predicted molar refractivity (Wildman–Crippen MR) is 106 cm³/mol. The number of aromatic amines is 1. The van der Waals surface area contributed by atoms with Crippen molar-refractivity contribution in [2.75, 3.05) is 31.3 Å². The summed E-state index contributed by atoms with van der Waals surface area (Å²) in [6, 6.07) is 4.43. The first-order valence-electron chi connectivity index (χ1n) is 10.1. The van der Waals surface area contributed by atoms with Gasteiger partial charge in [-0.1, -0.05) is 0 Å². The van der Waals surface area contributed by atoms with Gasteiger partial charge in [0.05, 0.1) is 36.6 Å². The number of hydrogen-bond acceptors (Lipinski definition) is 6. The Bertz CT molecular complexity index is 961. The van der Waals surface area contributed by atoms with Gasteiger partial charge in [-0.25, -0.2) is 4.98 Å². The number of morpholine rings is 1. The molecular formula is C20H26N6O2. The lowest BCUT2D eigenvalue weighted by Crippen LogP contribution is -2.44. The lowest BCUT2D eigenvalue weighted by atomic mass is 10.00. The molecule has 5 heterocycles. The molecule has 0 radical (unpaired) electrons. The highest BCUT2D eigenvalue weighted by atomic mass is 16.5. The van der Waals surface area contributed by atoms with Crippen molar-refractivity contribution in [3.8, 4) is 11.4 Å². The largest absolute Gasteiger partial charge is 0.377 e. The summed E-state index contributed by atoms with van der Waals surface area (Å²) < 4.78 is 13.7. The van der Waals surface area contributed by atoms with Gasteiger partial charge in [0.2, 0.25) is 0 Å². The summed E-state index contributed by atoms with van der Waals surface area (Å²) >= 11 is 0. The molecule has 0 spiro atoms. The maximum atomic E-state index is 6.16. The fourth-order valence-corrected chi connectivity index (χ4v) is 4.31. The summed E-state index contributed by atoms with van der Waals surface area (Å²) in [6.07, 6.45) is 5.17. The third-order valence-corrected chi connectivity index (χ3v) is 5.75. The van der Waals surface area contributed by atoms with Gasteiger partial charge in [0.15, 0.2) is 0 Å². The van der Waals surface area contributed by atoms with E-state index in [-0.39, 0.29) is 12.1 Å². The molecule has 5 rings (SSSR count). The van der Waals surface area contributed by atoms with E-state index >= 15 is 0 Å². The minimum absolute atomic E-state index is 0.0827. The zero-order valence-electron chi connectivity index (χ0n) is 16.4. The minimum atomic E-state index is 0.0827. The van der Waals surface area contributed by atoms with Gasteiger partial charge in [0, 0.05) is 32.0 Å². The second-order valence-corrected chi connectivity index (χ2v) is 7.68. The summed E-state index contributed by atoms with van der Waals surface area (Å²) in [5, 5.41) is 11.9. The van der Waals surface area contributed by atoms with E-state index in [0.717, 1.165) is 67.4 Å². The van der Waals surface area contributed by atoms with E-state index in [1.54, 1.807) is 6.20 Å². The number of H-pyrrole nitrogens is 1. The van der Waals surface area contributed by atoms with Crippen LogP contribution in [0.1, 0.15) is 37.9 Å². The van der Waals surface area contributed by atoms with Crippen LogP contribution in [0.5, 0.6) is 0 Å². The summed E-state index contributed by atoms with van der Waals surface area (Å²) in [5.41, 5.74) is 4.82. The van der Waals surface area contributed by atoms with Crippen molar-refractivity contribution in [2.24, 2.45) is 7.05 Å². The molecule has 0 aliphatic carbocycles. The maximum absolute atomic E-state index is 6.16. The number of nitrogens with zero attached hydrogens (tertiary/aromatic N) is 5. The molecule has 8 heteroatoms. The standard InChI is InChI=1S/C20H26N6O2/c1-13-12-27-10-8-26(13)17-11-14(16-5-3-4-9-28-16)20-19(22-17)18(24-25(20)2)15-6-7-21-23-15/h6-7,11,13,16H,3-5,8-10,12H2,1-2H3,(H,21,23)/t13-,16?/m1/s1. The Kier molecular flexibility index (Phi) is 4.52. The lowest BCUT2D eigenvalue weighted by molar-refractivity contribution is 0.0156. The van der Waals surface area contributed by atoms with Gasteiger partial charge < -0.3 is 14.4 Å². The van der Waals surface area contributed by atoms with Gasteiger partial charge >= 0.3 is 0 Å². The summed E-state index contributed by atoms with van der Waals surface area (Å²) in [5.74, 6) is 0.973. The van der Waals surface area contributed by atoms with Gasteiger partial charge in [-0.2, -0.15) is 10.2 Å². The fraction of sp³-hybridized carbons (Fsp3) is 0.550. The molecule has 2 fully saturated rings. The zero-order chi connectivity index (χ0) is 19.1. The van der Waals surface area contributed by atoms with Crippen molar-refractivity contribution >= 4 is 16.9 Å². The number of rotatable bonds is 3. The number of anilines is 1. The SMILES string of the molecule is C[C@@H]1COCCN1c1cc(C2CCCCO2)c2c(n1)c(-c1ccn[nH]1)nn2C. The first kappa shape index (κ1) is 17.6.